The second-order valence-electron chi connectivity index (χ2n) is 5.13. The Bertz CT molecular complexity index is 692. The summed E-state index contributed by atoms with van der Waals surface area (Å²) in [5, 5.41) is 30.8. The molecule has 2 aromatic heterocycles. The van der Waals surface area contributed by atoms with Gasteiger partial charge in [-0.1, -0.05) is 11.6 Å². The molecule has 0 spiro atoms. The Hall–Kier alpha value is -0.520. The molecule has 0 unspecified atom stereocenters. The van der Waals surface area contributed by atoms with Crippen LogP contribution in [0, 0.1) is 3.57 Å². The summed E-state index contributed by atoms with van der Waals surface area (Å²) in [5.41, 5.74) is -1.07. The van der Waals surface area contributed by atoms with Gasteiger partial charge in [0.05, 0.1) is 12.0 Å². The van der Waals surface area contributed by atoms with Gasteiger partial charge in [0.25, 0.3) is 0 Å². The highest BCUT2D eigenvalue weighted by Crippen LogP contribution is 2.41. The van der Waals surface area contributed by atoms with Crippen LogP contribution >= 0.6 is 34.2 Å². The Morgan fingerprint density at radius 1 is 1.52 bits per heavy atom. The van der Waals surface area contributed by atoms with Gasteiger partial charge in [-0.2, -0.15) is 0 Å². The minimum absolute atomic E-state index is 0.306. The minimum Gasteiger partial charge on any atom is -0.394 e. The fourth-order valence-corrected chi connectivity index (χ4v) is 3.76. The predicted octanol–water partition coefficient (Wildman–Crippen LogP) is 0.691. The Morgan fingerprint density at radius 2 is 2.24 bits per heavy atom. The van der Waals surface area contributed by atoms with Gasteiger partial charge >= 0.3 is 0 Å². The molecule has 114 valence electrons. The van der Waals surface area contributed by atoms with Crippen LogP contribution in [0.25, 0.3) is 11.0 Å². The van der Waals surface area contributed by atoms with E-state index in [1.165, 1.54) is 13.3 Å². The summed E-state index contributed by atoms with van der Waals surface area (Å²) in [5.74, 6) is 0. The summed E-state index contributed by atoms with van der Waals surface area (Å²) < 4.78 is 7.99. The van der Waals surface area contributed by atoms with E-state index in [0.29, 0.717) is 16.2 Å². The van der Waals surface area contributed by atoms with Gasteiger partial charge in [0, 0.05) is 9.77 Å². The van der Waals surface area contributed by atoms with Gasteiger partial charge in [0.15, 0.2) is 6.23 Å². The molecule has 0 bridgehead atoms. The van der Waals surface area contributed by atoms with Crippen LogP contribution in [0.1, 0.15) is 13.2 Å². The van der Waals surface area contributed by atoms with Crippen molar-refractivity contribution in [3.63, 3.8) is 0 Å². The molecule has 1 fully saturated rings. The molecule has 3 heterocycles. The molecule has 21 heavy (non-hydrogen) atoms. The Kier molecular flexibility index (Phi) is 3.87. The van der Waals surface area contributed by atoms with Crippen molar-refractivity contribution < 1.29 is 20.1 Å². The number of fused-ring (bicyclic) bond motifs is 1. The van der Waals surface area contributed by atoms with E-state index in [1.807, 2.05) is 0 Å². The van der Waals surface area contributed by atoms with E-state index in [1.54, 1.807) is 10.8 Å². The number of hydrogen-bond donors (Lipinski definition) is 3. The van der Waals surface area contributed by atoms with E-state index in [9.17, 15) is 15.3 Å². The van der Waals surface area contributed by atoms with Gasteiger partial charge in [0.2, 0.25) is 0 Å². The zero-order chi connectivity index (χ0) is 15.4. The first-order valence-corrected chi connectivity index (χ1v) is 7.67. The predicted molar refractivity (Wildman–Crippen MR) is 82.9 cm³/mol. The quantitative estimate of drug-likeness (QED) is 0.484. The summed E-state index contributed by atoms with van der Waals surface area (Å²) in [6.07, 6.45) is 0.0807. The summed E-state index contributed by atoms with van der Waals surface area (Å²) in [6, 6.07) is 0. The van der Waals surface area contributed by atoms with Gasteiger partial charge in [-0.3, -0.25) is 0 Å². The van der Waals surface area contributed by atoms with Crippen LogP contribution in [0.3, 0.4) is 0 Å². The highest BCUT2D eigenvalue weighted by molar-refractivity contribution is 14.1. The molecule has 7 nitrogen and oxygen atoms in total. The van der Waals surface area contributed by atoms with Crippen molar-refractivity contribution in [2.45, 2.75) is 31.0 Å². The first-order valence-electron chi connectivity index (χ1n) is 6.21. The molecule has 1 saturated heterocycles. The van der Waals surface area contributed by atoms with Gasteiger partial charge in [-0.05, 0) is 29.5 Å². The van der Waals surface area contributed by atoms with Gasteiger partial charge in [-0.15, -0.1) is 0 Å². The van der Waals surface area contributed by atoms with Gasteiger partial charge in [0.1, 0.15) is 34.9 Å². The van der Waals surface area contributed by atoms with Gasteiger partial charge < -0.3 is 24.6 Å². The third-order valence-electron chi connectivity index (χ3n) is 3.70. The van der Waals surface area contributed by atoms with Crippen LogP contribution in [-0.2, 0) is 4.74 Å². The average molecular weight is 426 g/mol. The molecule has 0 aliphatic carbocycles. The molecular formula is C12H13ClIN3O4. The smallest absolute Gasteiger partial charge is 0.167 e. The molecule has 4 atom stereocenters. The number of nitrogens with zero attached hydrogens (tertiary/aromatic N) is 3. The molecule has 3 rings (SSSR count). The molecule has 0 saturated carbocycles. The van der Waals surface area contributed by atoms with Crippen molar-refractivity contribution in [2.24, 2.45) is 0 Å². The van der Waals surface area contributed by atoms with E-state index < -0.39 is 24.0 Å². The molecule has 3 N–H and O–H groups in total. The van der Waals surface area contributed by atoms with E-state index >= 15 is 0 Å². The van der Waals surface area contributed by atoms with E-state index in [-0.39, 0.29) is 6.61 Å². The zero-order valence-electron chi connectivity index (χ0n) is 10.9. The van der Waals surface area contributed by atoms with Crippen LogP contribution in [-0.4, -0.2) is 54.3 Å². The van der Waals surface area contributed by atoms with Crippen LogP contribution in [0.2, 0.25) is 5.15 Å². The normalized spacial score (nSPS) is 33.0. The third kappa shape index (κ3) is 2.25. The molecule has 2 aromatic rings. The van der Waals surface area contributed by atoms with Crippen LogP contribution < -0.4 is 0 Å². The summed E-state index contributed by atoms with van der Waals surface area (Å²) in [4.78, 5) is 8.11. The van der Waals surface area contributed by atoms with E-state index in [0.717, 1.165) is 3.57 Å². The van der Waals surface area contributed by atoms with Crippen LogP contribution in [0.4, 0.5) is 0 Å². The maximum absolute atomic E-state index is 10.5. The SMILES string of the molecule is C[C@]1(O)[C@H](O)[C@@H](CO)O[C@H]1n1cc(I)c2c(Cl)ncnc21. The lowest BCUT2D eigenvalue weighted by molar-refractivity contribution is -0.0948. The standard InChI is InChI=1S/C12H13ClIN3O4/c1-12(20)8(19)6(3-18)21-11(12)17-2-5(14)7-9(13)15-4-16-10(7)17/h2,4,6,8,11,18-20H,3H2,1H3/t6-,8-,11-,12+/m1/s1. The van der Waals surface area contributed by atoms with Crippen molar-refractivity contribution in [1.82, 2.24) is 14.5 Å². The van der Waals surface area contributed by atoms with Crippen molar-refractivity contribution in [1.29, 1.82) is 0 Å². The molecule has 1 aliphatic heterocycles. The topological polar surface area (TPSA) is 101 Å². The number of halogens is 2. The largest absolute Gasteiger partial charge is 0.394 e. The first-order chi connectivity index (χ1) is 9.87. The summed E-state index contributed by atoms with van der Waals surface area (Å²) in [6.45, 7) is 1.07. The third-order valence-corrected chi connectivity index (χ3v) is 4.81. The number of hydrogen-bond acceptors (Lipinski definition) is 6. The van der Waals surface area contributed by atoms with E-state index in [4.69, 9.17) is 16.3 Å². The number of aliphatic hydroxyl groups excluding tert-OH is 2. The highest BCUT2D eigenvalue weighted by atomic mass is 127. The number of aliphatic hydroxyl groups is 3. The number of ether oxygens (including phenoxy) is 1. The van der Waals surface area contributed by atoms with Crippen molar-refractivity contribution >= 4 is 45.2 Å². The molecule has 9 heteroatoms. The molecule has 0 radical (unpaired) electrons. The fraction of sp³-hybridized carbons (Fsp3) is 0.500. The first kappa shape index (κ1) is 15.4. The highest BCUT2D eigenvalue weighted by Gasteiger charge is 2.53. The average Bonchev–Trinajstić information content (AvgIpc) is 2.87. The second kappa shape index (κ2) is 5.28. The Balaban J connectivity index is 2.15. The maximum atomic E-state index is 10.5. The van der Waals surface area contributed by atoms with Crippen molar-refractivity contribution in [3.8, 4) is 0 Å². The fourth-order valence-electron chi connectivity index (χ4n) is 2.57. The van der Waals surface area contributed by atoms with Crippen LogP contribution in [0.15, 0.2) is 12.5 Å². The lowest BCUT2D eigenvalue weighted by atomic mass is 9.96. The van der Waals surface area contributed by atoms with Crippen LogP contribution in [0.5, 0.6) is 0 Å². The monoisotopic (exact) mass is 425 g/mol. The summed E-state index contributed by atoms with van der Waals surface area (Å²) >= 11 is 8.16. The van der Waals surface area contributed by atoms with Gasteiger partial charge in [-0.25, -0.2) is 9.97 Å². The Labute approximate surface area is 138 Å². The molecule has 0 aromatic carbocycles. The maximum Gasteiger partial charge on any atom is 0.167 e. The Morgan fingerprint density at radius 3 is 2.86 bits per heavy atom. The summed E-state index contributed by atoms with van der Waals surface area (Å²) in [7, 11) is 0. The lowest BCUT2D eigenvalue weighted by Crippen LogP contribution is -2.44. The zero-order valence-corrected chi connectivity index (χ0v) is 13.9. The molecule has 1 aliphatic rings. The lowest BCUT2D eigenvalue weighted by Gasteiger charge is -2.27. The van der Waals surface area contributed by atoms with Crippen molar-refractivity contribution in [2.75, 3.05) is 6.61 Å². The minimum atomic E-state index is -1.57. The van der Waals surface area contributed by atoms with E-state index in [2.05, 4.69) is 32.6 Å². The number of rotatable bonds is 2. The number of aromatic nitrogens is 3. The van der Waals surface area contributed by atoms with Crippen molar-refractivity contribution in [3.05, 3.63) is 21.2 Å². The molecule has 0 amide bonds. The molecular weight excluding hydrogens is 413 g/mol. The second-order valence-corrected chi connectivity index (χ2v) is 6.65.